The Labute approximate surface area is 228 Å². The number of carbonyl (C=O) groups excluding carboxylic acids is 1. The Kier molecular flexibility index (Phi) is 8.67. The highest BCUT2D eigenvalue weighted by molar-refractivity contribution is 5.78. The van der Waals surface area contributed by atoms with Crippen LogP contribution in [0.4, 0.5) is 18.9 Å². The van der Waals surface area contributed by atoms with Crippen molar-refractivity contribution in [2.45, 2.75) is 32.5 Å². The molecule has 2 atom stereocenters. The summed E-state index contributed by atoms with van der Waals surface area (Å²) in [6, 6.07) is 6.19. The molecule has 1 amide bonds. The van der Waals surface area contributed by atoms with E-state index in [4.69, 9.17) is 24.4 Å². The van der Waals surface area contributed by atoms with Crippen molar-refractivity contribution in [2.75, 3.05) is 44.7 Å². The monoisotopic (exact) mass is 564 g/mol. The lowest BCUT2D eigenvalue weighted by molar-refractivity contribution is -0.192. The smallest absolute Gasteiger partial charge is 0.490 e. The Hall–Kier alpha value is -4.07. The van der Waals surface area contributed by atoms with Gasteiger partial charge in [0, 0.05) is 56.2 Å². The highest BCUT2D eigenvalue weighted by Crippen LogP contribution is 2.35. The zero-order valence-corrected chi connectivity index (χ0v) is 22.3. The number of carboxylic acid groups (broad SMARTS) is 1. The number of carboxylic acids is 1. The Morgan fingerprint density at radius 3 is 2.55 bits per heavy atom. The first-order valence-corrected chi connectivity index (χ1v) is 12.7. The van der Waals surface area contributed by atoms with E-state index < -0.39 is 12.1 Å². The van der Waals surface area contributed by atoms with Crippen LogP contribution in [0.15, 0.2) is 30.6 Å². The quantitative estimate of drug-likeness (QED) is 0.414. The van der Waals surface area contributed by atoms with Crippen molar-refractivity contribution in [3.8, 4) is 22.9 Å². The number of fused-ring (bicyclic) bond motifs is 1. The number of hydrogen-bond acceptors (Lipinski definition) is 8. The van der Waals surface area contributed by atoms with Crippen LogP contribution in [0.5, 0.6) is 11.6 Å². The van der Waals surface area contributed by atoms with Crippen LogP contribution in [0.25, 0.3) is 16.8 Å². The van der Waals surface area contributed by atoms with Gasteiger partial charge in [-0.1, -0.05) is 6.07 Å². The van der Waals surface area contributed by atoms with Crippen molar-refractivity contribution in [1.82, 2.24) is 25.2 Å². The van der Waals surface area contributed by atoms with Gasteiger partial charge in [0.05, 0.1) is 30.9 Å². The number of piperazine rings is 1. The number of benzene rings is 1. The van der Waals surface area contributed by atoms with Gasteiger partial charge in [0.1, 0.15) is 17.4 Å². The molecule has 0 bridgehead atoms. The van der Waals surface area contributed by atoms with E-state index in [1.807, 2.05) is 36.8 Å². The number of amides is 1. The van der Waals surface area contributed by atoms with Crippen molar-refractivity contribution < 1.29 is 37.3 Å². The third-order valence-corrected chi connectivity index (χ3v) is 6.79. The maximum Gasteiger partial charge on any atom is 0.490 e. The van der Waals surface area contributed by atoms with Gasteiger partial charge in [-0.3, -0.25) is 4.79 Å². The number of hydrogen-bond donors (Lipinski definition) is 3. The first-order chi connectivity index (χ1) is 19.0. The minimum absolute atomic E-state index is 0.0690. The van der Waals surface area contributed by atoms with Gasteiger partial charge < -0.3 is 30.1 Å². The van der Waals surface area contributed by atoms with Gasteiger partial charge in [0.25, 0.3) is 0 Å². The first kappa shape index (κ1) is 28.9. The van der Waals surface area contributed by atoms with E-state index in [1.54, 1.807) is 7.11 Å². The predicted molar refractivity (Wildman–Crippen MR) is 140 cm³/mol. The Morgan fingerprint density at radius 1 is 1.25 bits per heavy atom. The third kappa shape index (κ3) is 6.55. The Balaban J connectivity index is 0.000000470. The number of aryl methyl sites for hydroxylation is 1. The van der Waals surface area contributed by atoms with Gasteiger partial charge in [0.15, 0.2) is 0 Å². The topological polar surface area (TPSA) is 130 Å². The molecule has 0 unspecified atom stereocenters. The number of halogens is 3. The maximum absolute atomic E-state index is 11.7. The summed E-state index contributed by atoms with van der Waals surface area (Å²) in [5, 5.41) is 17.9. The fourth-order valence-electron chi connectivity index (χ4n) is 4.58. The lowest BCUT2D eigenvalue weighted by atomic mass is 10.0. The number of methoxy groups -OCH3 is 1. The van der Waals surface area contributed by atoms with Crippen LogP contribution < -0.4 is 25.0 Å². The van der Waals surface area contributed by atoms with Gasteiger partial charge >= 0.3 is 12.1 Å². The van der Waals surface area contributed by atoms with E-state index in [-0.39, 0.29) is 17.9 Å². The van der Waals surface area contributed by atoms with E-state index in [9.17, 15) is 18.0 Å². The third-order valence-electron chi connectivity index (χ3n) is 6.79. The number of alkyl halides is 3. The molecule has 0 spiro atoms. The number of aliphatic carboxylic acids is 1. The van der Waals surface area contributed by atoms with Gasteiger partial charge in [0.2, 0.25) is 11.8 Å². The second kappa shape index (κ2) is 12.0. The summed E-state index contributed by atoms with van der Waals surface area (Å²) in [6.45, 7) is 8.42. The van der Waals surface area contributed by atoms with Crippen molar-refractivity contribution in [3.05, 3.63) is 36.2 Å². The summed E-state index contributed by atoms with van der Waals surface area (Å²) in [4.78, 5) is 27.8. The molecule has 4 heterocycles. The van der Waals surface area contributed by atoms with E-state index in [0.29, 0.717) is 18.8 Å². The summed E-state index contributed by atoms with van der Waals surface area (Å²) >= 11 is 0. The summed E-state index contributed by atoms with van der Waals surface area (Å²) < 4.78 is 45.6. The molecule has 0 radical (unpaired) electrons. The molecule has 2 aliphatic rings. The van der Waals surface area contributed by atoms with Crippen LogP contribution in [-0.2, 0) is 9.59 Å². The molecule has 3 N–H and O–H groups in total. The molecule has 1 aromatic carbocycles. The lowest BCUT2D eigenvalue weighted by Gasteiger charge is -2.30. The highest BCUT2D eigenvalue weighted by atomic mass is 19.4. The van der Waals surface area contributed by atoms with Gasteiger partial charge in [-0.15, -0.1) is 0 Å². The van der Waals surface area contributed by atoms with E-state index >= 15 is 0 Å². The van der Waals surface area contributed by atoms with Crippen LogP contribution in [0.2, 0.25) is 0 Å². The Bertz CT molecular complexity index is 1370. The predicted octanol–water partition coefficient (Wildman–Crippen LogP) is 2.66. The van der Waals surface area contributed by atoms with Crippen molar-refractivity contribution >= 4 is 23.1 Å². The minimum atomic E-state index is -5.08. The van der Waals surface area contributed by atoms with E-state index in [1.165, 1.54) is 0 Å². The largest absolute Gasteiger partial charge is 0.495 e. The summed E-state index contributed by atoms with van der Waals surface area (Å²) in [7, 11) is 1.70. The number of aromatic nitrogens is 3. The molecular formula is C26H31F3N6O5. The molecule has 2 saturated heterocycles. The summed E-state index contributed by atoms with van der Waals surface area (Å²) in [5.74, 6) is -1.23. The van der Waals surface area contributed by atoms with Crippen molar-refractivity contribution in [1.29, 1.82) is 0 Å². The number of ether oxygens (including phenoxy) is 2. The van der Waals surface area contributed by atoms with Crippen LogP contribution in [-0.4, -0.2) is 83.7 Å². The normalized spacial score (nSPS) is 18.1. The van der Waals surface area contributed by atoms with Gasteiger partial charge in [-0.2, -0.15) is 18.3 Å². The first-order valence-electron chi connectivity index (χ1n) is 12.7. The SMILES string of the molecule is COc1cc(-c2cn3ncc(C)c3c(O[C@H](C)[C@H]3CNC(=O)C3)n2)ccc1N1CCNCC1.O=C(O)C(F)(F)F. The molecule has 216 valence electrons. The second-order valence-electron chi connectivity index (χ2n) is 9.57. The Morgan fingerprint density at radius 2 is 1.95 bits per heavy atom. The molecule has 2 aromatic heterocycles. The molecule has 3 aromatic rings. The van der Waals surface area contributed by atoms with E-state index in [0.717, 1.165) is 60.0 Å². The van der Waals surface area contributed by atoms with Gasteiger partial charge in [-0.25, -0.2) is 14.3 Å². The van der Waals surface area contributed by atoms with Crippen molar-refractivity contribution in [3.63, 3.8) is 0 Å². The zero-order valence-electron chi connectivity index (χ0n) is 22.3. The minimum Gasteiger partial charge on any atom is -0.495 e. The molecule has 0 saturated carbocycles. The fourth-order valence-corrected chi connectivity index (χ4v) is 4.58. The molecule has 14 heteroatoms. The van der Waals surface area contributed by atoms with E-state index in [2.05, 4.69) is 32.8 Å². The standard InChI is InChI=1S/C24H30N6O3.C2HF3O2/c1-15-12-27-30-14-19(28-24(23(15)30)33-16(2)18-11-22(31)26-13-18)17-4-5-20(21(10-17)32-3)29-8-6-25-7-9-29;3-2(4,5)1(6)7/h4-5,10,12,14,16,18,25H,6-9,11,13H2,1-3H3,(H,26,31);(H,6,7)/t16-,18-;/m1./s1. The van der Waals surface area contributed by atoms with Crippen LogP contribution >= 0.6 is 0 Å². The number of nitrogens with one attached hydrogen (secondary N) is 2. The number of nitrogens with zero attached hydrogens (tertiary/aromatic N) is 4. The average Bonchev–Trinajstić information content (AvgIpc) is 3.54. The van der Waals surface area contributed by atoms with Gasteiger partial charge in [-0.05, 0) is 26.0 Å². The molecule has 5 rings (SSSR count). The fraction of sp³-hybridized carbons (Fsp3) is 0.462. The molecule has 40 heavy (non-hydrogen) atoms. The zero-order chi connectivity index (χ0) is 29.0. The summed E-state index contributed by atoms with van der Waals surface area (Å²) in [5.41, 5.74) is 4.59. The maximum atomic E-state index is 11.7. The van der Waals surface area contributed by atoms with Crippen LogP contribution in [0, 0.1) is 12.8 Å². The number of carbonyl (C=O) groups is 2. The molecule has 11 nitrogen and oxygen atoms in total. The molecule has 0 aliphatic carbocycles. The van der Waals surface area contributed by atoms with Crippen molar-refractivity contribution in [2.24, 2.45) is 5.92 Å². The number of rotatable bonds is 6. The average molecular weight is 565 g/mol. The molecular weight excluding hydrogens is 533 g/mol. The second-order valence-corrected chi connectivity index (χ2v) is 9.57. The van der Waals surface area contributed by atoms with Crippen LogP contribution in [0.3, 0.4) is 0 Å². The molecule has 2 fully saturated rings. The summed E-state index contributed by atoms with van der Waals surface area (Å²) in [6.07, 6.45) is -1.04. The molecule has 2 aliphatic heterocycles. The van der Waals surface area contributed by atoms with Crippen LogP contribution in [0.1, 0.15) is 18.9 Å². The number of anilines is 1. The highest BCUT2D eigenvalue weighted by Gasteiger charge is 2.38. The lowest BCUT2D eigenvalue weighted by Crippen LogP contribution is -2.43.